The van der Waals surface area contributed by atoms with Crippen molar-refractivity contribution >= 4 is 27.3 Å². The minimum Gasteiger partial charge on any atom is -0.497 e. The van der Waals surface area contributed by atoms with Gasteiger partial charge < -0.3 is 14.2 Å². The van der Waals surface area contributed by atoms with Crippen LogP contribution in [0.2, 0.25) is 5.02 Å². The average molecular weight is 490 g/mol. The van der Waals surface area contributed by atoms with E-state index in [9.17, 15) is 8.42 Å². The van der Waals surface area contributed by atoms with Crippen molar-refractivity contribution < 1.29 is 22.6 Å². The molecule has 0 bridgehead atoms. The molecule has 2 heterocycles. The Bertz CT molecular complexity index is 1390. The lowest BCUT2D eigenvalue weighted by Crippen LogP contribution is -2.28. The Labute approximate surface area is 195 Å². The molecule has 0 radical (unpaired) electrons. The van der Waals surface area contributed by atoms with E-state index in [1.807, 2.05) is 24.3 Å². The Kier molecular flexibility index (Phi) is 6.63. The van der Waals surface area contributed by atoms with Crippen molar-refractivity contribution in [2.75, 3.05) is 27.4 Å². The van der Waals surface area contributed by atoms with Crippen molar-refractivity contribution in [2.45, 2.75) is 4.90 Å². The third-order valence-corrected chi connectivity index (χ3v) is 6.34. The molecule has 10 nitrogen and oxygen atoms in total. The number of nitrogens with zero attached hydrogens (tertiary/aromatic N) is 4. The highest BCUT2D eigenvalue weighted by Crippen LogP contribution is 2.27. The molecule has 0 unspecified atom stereocenters. The lowest BCUT2D eigenvalue weighted by Gasteiger charge is -2.11. The number of fused-ring (bicyclic) bond motifs is 1. The molecule has 0 spiro atoms. The van der Waals surface area contributed by atoms with Crippen molar-refractivity contribution in [1.82, 2.24) is 24.5 Å². The molecule has 33 heavy (non-hydrogen) atoms. The van der Waals surface area contributed by atoms with Crippen LogP contribution in [-0.2, 0) is 10.0 Å². The Balaban J connectivity index is 1.45. The smallest absolute Gasteiger partial charge is 0.244 e. The van der Waals surface area contributed by atoms with Gasteiger partial charge in [-0.05, 0) is 36.4 Å². The van der Waals surface area contributed by atoms with Crippen LogP contribution in [0, 0.1) is 0 Å². The molecule has 4 rings (SSSR count). The first kappa shape index (κ1) is 22.8. The second kappa shape index (κ2) is 9.61. The molecule has 4 aromatic rings. The fraction of sp³-hybridized carbons (Fsp3) is 0.190. The van der Waals surface area contributed by atoms with Crippen LogP contribution in [-0.4, -0.2) is 55.6 Å². The van der Waals surface area contributed by atoms with E-state index >= 15 is 0 Å². The molecule has 0 aliphatic rings. The van der Waals surface area contributed by atoms with Gasteiger partial charge in [-0.3, -0.25) is 0 Å². The van der Waals surface area contributed by atoms with Crippen molar-refractivity contribution in [1.29, 1.82) is 0 Å². The predicted molar refractivity (Wildman–Crippen MR) is 121 cm³/mol. The first-order valence-electron chi connectivity index (χ1n) is 9.74. The number of methoxy groups -OCH3 is 2. The van der Waals surface area contributed by atoms with Crippen LogP contribution in [0.4, 0.5) is 0 Å². The van der Waals surface area contributed by atoms with Crippen LogP contribution < -0.4 is 18.9 Å². The fourth-order valence-corrected chi connectivity index (χ4v) is 4.50. The highest BCUT2D eigenvalue weighted by molar-refractivity contribution is 7.89. The highest BCUT2D eigenvalue weighted by Gasteiger charge is 2.19. The maximum Gasteiger partial charge on any atom is 0.244 e. The lowest BCUT2D eigenvalue weighted by molar-refractivity contribution is 0.305. The summed E-state index contributed by atoms with van der Waals surface area (Å²) in [7, 11) is -0.880. The summed E-state index contributed by atoms with van der Waals surface area (Å²) >= 11 is 5.93. The monoisotopic (exact) mass is 489 g/mol. The fourth-order valence-electron chi connectivity index (χ4n) is 3.06. The summed E-state index contributed by atoms with van der Waals surface area (Å²) in [6.45, 7) is 0.0415. The quantitative estimate of drug-likeness (QED) is 0.357. The van der Waals surface area contributed by atoms with Gasteiger partial charge >= 0.3 is 0 Å². The summed E-state index contributed by atoms with van der Waals surface area (Å²) in [6.07, 6.45) is 0. The molecule has 0 aliphatic carbocycles. The van der Waals surface area contributed by atoms with E-state index in [-0.39, 0.29) is 34.7 Å². The molecular weight excluding hydrogens is 470 g/mol. The number of halogens is 1. The Morgan fingerprint density at radius 2 is 1.88 bits per heavy atom. The largest absolute Gasteiger partial charge is 0.497 e. The summed E-state index contributed by atoms with van der Waals surface area (Å²) in [5.41, 5.74) is 1.31. The predicted octanol–water partition coefficient (Wildman–Crippen LogP) is 2.82. The van der Waals surface area contributed by atoms with E-state index in [0.717, 1.165) is 5.56 Å². The van der Waals surface area contributed by atoms with Gasteiger partial charge in [0.1, 0.15) is 23.0 Å². The van der Waals surface area contributed by atoms with E-state index < -0.39 is 10.0 Å². The van der Waals surface area contributed by atoms with Gasteiger partial charge in [0, 0.05) is 23.2 Å². The summed E-state index contributed by atoms with van der Waals surface area (Å²) in [5, 5.41) is 13.0. The molecule has 0 fully saturated rings. The van der Waals surface area contributed by atoms with Gasteiger partial charge in [0.25, 0.3) is 0 Å². The molecule has 12 heteroatoms. The molecule has 0 atom stereocenters. The van der Waals surface area contributed by atoms with Crippen molar-refractivity contribution in [2.24, 2.45) is 0 Å². The highest BCUT2D eigenvalue weighted by atomic mass is 35.5. The normalized spacial score (nSPS) is 11.5. The molecule has 0 amide bonds. The van der Waals surface area contributed by atoms with Crippen molar-refractivity contribution in [3.05, 3.63) is 59.6 Å². The number of sulfonamides is 1. The van der Waals surface area contributed by atoms with E-state index in [2.05, 4.69) is 20.0 Å². The van der Waals surface area contributed by atoms with Gasteiger partial charge in [0.05, 0.1) is 14.2 Å². The first-order chi connectivity index (χ1) is 15.9. The molecule has 1 N–H and O–H groups in total. The van der Waals surface area contributed by atoms with Crippen LogP contribution in [0.25, 0.3) is 17.0 Å². The first-order valence-corrected chi connectivity index (χ1v) is 11.6. The number of aromatic nitrogens is 4. The average Bonchev–Trinajstić information content (AvgIpc) is 3.25. The van der Waals surface area contributed by atoms with Crippen LogP contribution in [0.15, 0.2) is 59.5 Å². The number of benzene rings is 2. The second-order valence-corrected chi connectivity index (χ2v) is 8.91. The molecule has 172 valence electrons. The molecule has 0 saturated heterocycles. The molecule has 2 aromatic heterocycles. The van der Waals surface area contributed by atoms with Crippen molar-refractivity contribution in [3.63, 3.8) is 0 Å². The van der Waals surface area contributed by atoms with Crippen LogP contribution in [0.1, 0.15) is 0 Å². The second-order valence-electron chi connectivity index (χ2n) is 6.74. The molecule has 2 aromatic carbocycles. The summed E-state index contributed by atoms with van der Waals surface area (Å²) < 4.78 is 45.3. The Hall–Kier alpha value is -3.41. The zero-order chi connectivity index (χ0) is 23.4. The molecule has 0 saturated carbocycles. The van der Waals surface area contributed by atoms with Gasteiger partial charge in [0.2, 0.25) is 15.9 Å². The van der Waals surface area contributed by atoms with Crippen LogP contribution in [0.5, 0.6) is 17.4 Å². The minimum atomic E-state index is -3.85. The summed E-state index contributed by atoms with van der Waals surface area (Å²) in [6, 6.07) is 15.1. The van der Waals surface area contributed by atoms with Crippen molar-refractivity contribution in [3.8, 4) is 28.8 Å². The Morgan fingerprint density at radius 3 is 2.67 bits per heavy atom. The standard InChI is InChI=1S/C21H20ClN5O5S/c1-30-16-5-3-4-14(12-16)21-25-24-19-8-9-20(26-27(19)21)32-11-10-23-33(28,29)18-13-15(22)6-7-17(18)31-2/h3-9,12-13,23H,10-11H2,1-2H3. The zero-order valence-corrected chi connectivity index (χ0v) is 19.3. The maximum absolute atomic E-state index is 12.6. The van der Waals surface area contributed by atoms with E-state index in [0.29, 0.717) is 17.2 Å². The summed E-state index contributed by atoms with van der Waals surface area (Å²) in [5.74, 6) is 1.67. The lowest BCUT2D eigenvalue weighted by atomic mass is 10.2. The third kappa shape index (κ3) is 5.00. The summed E-state index contributed by atoms with van der Waals surface area (Å²) in [4.78, 5) is -0.0514. The van der Waals surface area contributed by atoms with Crippen LogP contribution >= 0.6 is 11.6 Å². The van der Waals surface area contributed by atoms with Crippen LogP contribution in [0.3, 0.4) is 0 Å². The van der Waals surface area contributed by atoms with Gasteiger partial charge in [0.15, 0.2) is 11.5 Å². The SMILES string of the molecule is COc1cccc(-c2nnc3ccc(OCCNS(=O)(=O)c4cc(Cl)ccc4OC)nn23)c1. The van der Waals surface area contributed by atoms with E-state index in [1.54, 1.807) is 29.8 Å². The number of ether oxygens (including phenoxy) is 3. The third-order valence-electron chi connectivity index (χ3n) is 4.63. The maximum atomic E-state index is 12.6. The van der Waals surface area contributed by atoms with E-state index in [1.165, 1.54) is 19.2 Å². The van der Waals surface area contributed by atoms with Gasteiger partial charge in [-0.25, -0.2) is 13.1 Å². The number of hydrogen-bond acceptors (Lipinski definition) is 8. The topological polar surface area (TPSA) is 117 Å². The Morgan fingerprint density at radius 1 is 1.03 bits per heavy atom. The van der Waals surface area contributed by atoms with Gasteiger partial charge in [-0.15, -0.1) is 15.3 Å². The van der Waals surface area contributed by atoms with Gasteiger partial charge in [-0.2, -0.15) is 4.52 Å². The van der Waals surface area contributed by atoms with Gasteiger partial charge in [-0.1, -0.05) is 23.7 Å². The minimum absolute atomic E-state index is 0.00262. The number of hydrogen-bond donors (Lipinski definition) is 1. The molecular formula is C21H20ClN5O5S. The number of rotatable bonds is 9. The van der Waals surface area contributed by atoms with E-state index in [4.69, 9.17) is 25.8 Å². The number of nitrogens with one attached hydrogen (secondary N) is 1. The zero-order valence-electron chi connectivity index (χ0n) is 17.7. The molecule has 0 aliphatic heterocycles.